The predicted octanol–water partition coefficient (Wildman–Crippen LogP) is 4.93. The third kappa shape index (κ3) is 4.79. The van der Waals surface area contributed by atoms with Crippen molar-refractivity contribution in [3.05, 3.63) is 82.8 Å². The minimum absolute atomic E-state index is 0.190. The van der Waals surface area contributed by atoms with Crippen LogP contribution >= 0.6 is 11.6 Å². The van der Waals surface area contributed by atoms with Crippen LogP contribution in [0.1, 0.15) is 21.5 Å². The first-order chi connectivity index (χ1) is 17.3. The van der Waals surface area contributed by atoms with Crippen molar-refractivity contribution in [2.24, 2.45) is 7.05 Å². The number of nitrogens with one attached hydrogen (secondary N) is 1. The Kier molecular flexibility index (Phi) is 6.41. The molecule has 1 aliphatic heterocycles. The molecule has 0 saturated heterocycles. The van der Waals surface area contributed by atoms with Gasteiger partial charge in [0.25, 0.3) is 5.91 Å². The number of aryl methyl sites for hydroxylation is 2. The van der Waals surface area contributed by atoms with Crippen molar-refractivity contribution in [3.63, 3.8) is 0 Å². The molecule has 8 heteroatoms. The van der Waals surface area contributed by atoms with E-state index in [1.54, 1.807) is 17.1 Å². The fraction of sp³-hybridized carbons (Fsp3) is 0.250. The van der Waals surface area contributed by atoms with Crippen molar-refractivity contribution in [2.45, 2.75) is 13.5 Å². The zero-order valence-corrected chi connectivity index (χ0v) is 21.7. The summed E-state index contributed by atoms with van der Waals surface area (Å²) in [5, 5.41) is 8.01. The Morgan fingerprint density at radius 3 is 2.44 bits per heavy atom. The summed E-state index contributed by atoms with van der Waals surface area (Å²) in [6.45, 7) is 4.37. The summed E-state index contributed by atoms with van der Waals surface area (Å²) in [6.07, 6.45) is 5.36. The van der Waals surface area contributed by atoms with Crippen LogP contribution in [0.25, 0.3) is 22.4 Å². The lowest BCUT2D eigenvalue weighted by Crippen LogP contribution is -2.36. The summed E-state index contributed by atoms with van der Waals surface area (Å²) in [6, 6.07) is 14.1. The number of anilines is 2. The van der Waals surface area contributed by atoms with E-state index in [2.05, 4.69) is 57.5 Å². The van der Waals surface area contributed by atoms with Gasteiger partial charge in [0.1, 0.15) is 0 Å². The fourth-order valence-electron chi connectivity index (χ4n) is 4.60. The Morgan fingerprint density at radius 2 is 1.72 bits per heavy atom. The number of aromatic nitrogens is 3. The highest BCUT2D eigenvalue weighted by Crippen LogP contribution is 2.32. The number of halogens is 1. The van der Waals surface area contributed by atoms with Gasteiger partial charge in [-0.05, 0) is 53.9 Å². The molecule has 1 aliphatic rings. The molecule has 0 atom stereocenters. The molecular formula is C28H29ClN6O. The highest BCUT2D eigenvalue weighted by atomic mass is 35.5. The Morgan fingerprint density at radius 1 is 0.944 bits per heavy atom. The maximum absolute atomic E-state index is 13.5. The fourth-order valence-corrected chi connectivity index (χ4v) is 4.89. The van der Waals surface area contributed by atoms with E-state index in [9.17, 15) is 4.79 Å². The lowest BCUT2D eigenvalue weighted by atomic mass is 10.0. The number of carbonyl (C=O) groups excluding carboxylic acids is 1. The monoisotopic (exact) mass is 500 g/mol. The van der Waals surface area contributed by atoms with Crippen molar-refractivity contribution in [2.75, 3.05) is 37.0 Å². The van der Waals surface area contributed by atoms with Gasteiger partial charge in [-0.2, -0.15) is 5.10 Å². The summed E-state index contributed by atoms with van der Waals surface area (Å²) in [5.41, 5.74) is 8.08. The van der Waals surface area contributed by atoms with Gasteiger partial charge in [-0.15, -0.1) is 0 Å². The Balaban J connectivity index is 1.46. The van der Waals surface area contributed by atoms with Crippen LogP contribution in [0.4, 0.5) is 11.4 Å². The van der Waals surface area contributed by atoms with Gasteiger partial charge in [0.2, 0.25) is 0 Å². The molecule has 0 saturated carbocycles. The number of carbonyl (C=O) groups is 1. The molecule has 7 nitrogen and oxygen atoms in total. The standard InChI is InChI=1S/C28H29ClN6O/c1-18-9-20(12-23(29)10-18)21-13-24(27(30-15-21)22-16-32-35(4)17-22)28(36)31-14-19-5-6-25-26(11-19)34(3)8-7-33(25)2/h5-6,9-13,15-17H,7-8,14H2,1-4H3,(H,31,36). The van der Waals surface area contributed by atoms with Crippen molar-refractivity contribution in [1.29, 1.82) is 0 Å². The number of fused-ring (bicyclic) bond motifs is 1. The van der Waals surface area contributed by atoms with Crippen LogP contribution in [0, 0.1) is 6.92 Å². The normalized spacial score (nSPS) is 13.0. The maximum Gasteiger partial charge on any atom is 0.253 e. The Labute approximate surface area is 216 Å². The Hall–Kier alpha value is -3.84. The van der Waals surface area contributed by atoms with Crippen LogP contribution in [0.2, 0.25) is 5.02 Å². The minimum Gasteiger partial charge on any atom is -0.371 e. The number of hydrogen-bond donors (Lipinski definition) is 1. The summed E-state index contributed by atoms with van der Waals surface area (Å²) in [7, 11) is 6.05. The summed E-state index contributed by atoms with van der Waals surface area (Å²) >= 11 is 6.30. The molecule has 0 unspecified atom stereocenters. The average molecular weight is 501 g/mol. The third-order valence-electron chi connectivity index (χ3n) is 6.57. The van der Waals surface area contributed by atoms with Crippen LogP contribution in [0.3, 0.4) is 0 Å². The van der Waals surface area contributed by atoms with E-state index in [0.29, 0.717) is 22.8 Å². The second-order valence-corrected chi connectivity index (χ2v) is 9.83. The van der Waals surface area contributed by atoms with E-state index in [1.165, 1.54) is 11.4 Å². The second kappa shape index (κ2) is 9.66. The van der Waals surface area contributed by atoms with E-state index >= 15 is 0 Å². The number of nitrogens with zero attached hydrogens (tertiary/aromatic N) is 5. The first kappa shape index (κ1) is 23.9. The first-order valence-corrected chi connectivity index (χ1v) is 12.3. The molecule has 0 radical (unpaired) electrons. The number of rotatable bonds is 5. The van der Waals surface area contributed by atoms with E-state index in [4.69, 9.17) is 11.6 Å². The molecule has 4 aromatic rings. The second-order valence-electron chi connectivity index (χ2n) is 9.39. The van der Waals surface area contributed by atoms with E-state index < -0.39 is 0 Å². The molecule has 0 fully saturated rings. The molecule has 0 aliphatic carbocycles. The smallest absolute Gasteiger partial charge is 0.253 e. The largest absolute Gasteiger partial charge is 0.371 e. The molecule has 1 amide bonds. The van der Waals surface area contributed by atoms with Gasteiger partial charge in [0, 0.05) is 69.3 Å². The van der Waals surface area contributed by atoms with Crippen molar-refractivity contribution in [3.8, 4) is 22.4 Å². The SMILES string of the molecule is Cc1cc(Cl)cc(-c2cnc(-c3cnn(C)c3)c(C(=O)NCc3ccc4c(c3)N(C)CCN4C)c2)c1. The lowest BCUT2D eigenvalue weighted by Gasteiger charge is -2.35. The van der Waals surface area contributed by atoms with Crippen molar-refractivity contribution < 1.29 is 4.79 Å². The number of likely N-dealkylation sites (N-methyl/N-ethyl adjacent to an activating group) is 2. The molecule has 184 valence electrons. The quantitative estimate of drug-likeness (QED) is 0.421. The number of amides is 1. The third-order valence-corrected chi connectivity index (χ3v) is 6.79. The zero-order chi connectivity index (χ0) is 25.4. The van der Waals surface area contributed by atoms with Gasteiger partial charge in [-0.1, -0.05) is 23.7 Å². The molecule has 36 heavy (non-hydrogen) atoms. The van der Waals surface area contributed by atoms with Gasteiger partial charge in [0.15, 0.2) is 0 Å². The number of benzene rings is 2. The van der Waals surface area contributed by atoms with Gasteiger partial charge in [-0.3, -0.25) is 14.5 Å². The molecule has 5 rings (SSSR count). The van der Waals surface area contributed by atoms with Gasteiger partial charge in [0.05, 0.1) is 28.8 Å². The number of pyridine rings is 1. The molecular weight excluding hydrogens is 472 g/mol. The summed E-state index contributed by atoms with van der Waals surface area (Å²) in [4.78, 5) is 22.7. The van der Waals surface area contributed by atoms with Crippen molar-refractivity contribution in [1.82, 2.24) is 20.1 Å². The summed E-state index contributed by atoms with van der Waals surface area (Å²) in [5.74, 6) is -0.190. The minimum atomic E-state index is -0.190. The van der Waals surface area contributed by atoms with Crippen molar-refractivity contribution >= 4 is 28.9 Å². The summed E-state index contributed by atoms with van der Waals surface area (Å²) < 4.78 is 1.70. The lowest BCUT2D eigenvalue weighted by molar-refractivity contribution is 0.0951. The predicted molar refractivity (Wildman–Crippen MR) is 146 cm³/mol. The highest BCUT2D eigenvalue weighted by molar-refractivity contribution is 6.31. The molecule has 0 spiro atoms. The van der Waals surface area contributed by atoms with E-state index in [1.807, 2.05) is 44.4 Å². The average Bonchev–Trinajstić information content (AvgIpc) is 3.30. The molecule has 0 bridgehead atoms. The Bertz CT molecular complexity index is 1430. The maximum atomic E-state index is 13.5. The van der Waals surface area contributed by atoms with Crippen LogP contribution in [0.5, 0.6) is 0 Å². The van der Waals surface area contributed by atoms with Crippen LogP contribution < -0.4 is 15.1 Å². The number of hydrogen-bond acceptors (Lipinski definition) is 5. The van der Waals surface area contributed by atoms with Gasteiger partial charge >= 0.3 is 0 Å². The molecule has 2 aromatic heterocycles. The van der Waals surface area contributed by atoms with Gasteiger partial charge < -0.3 is 15.1 Å². The first-order valence-electron chi connectivity index (χ1n) is 11.9. The zero-order valence-electron chi connectivity index (χ0n) is 20.9. The molecule has 3 heterocycles. The molecule has 2 aromatic carbocycles. The molecule has 1 N–H and O–H groups in total. The van der Waals surface area contributed by atoms with Crippen LogP contribution in [-0.4, -0.2) is 47.9 Å². The van der Waals surface area contributed by atoms with Gasteiger partial charge in [-0.25, -0.2) is 0 Å². The van der Waals surface area contributed by atoms with E-state index in [-0.39, 0.29) is 5.91 Å². The van der Waals surface area contributed by atoms with Crippen LogP contribution in [0.15, 0.2) is 61.1 Å². The highest BCUT2D eigenvalue weighted by Gasteiger charge is 2.20. The van der Waals surface area contributed by atoms with Crippen LogP contribution in [-0.2, 0) is 13.6 Å². The topological polar surface area (TPSA) is 66.3 Å². The van der Waals surface area contributed by atoms with E-state index in [0.717, 1.165) is 40.9 Å².